The summed E-state index contributed by atoms with van der Waals surface area (Å²) >= 11 is 1.58. The third kappa shape index (κ3) is 6.63. The van der Waals surface area contributed by atoms with Gasteiger partial charge >= 0.3 is 5.97 Å². The lowest BCUT2D eigenvalue weighted by molar-refractivity contribution is -0.140. The summed E-state index contributed by atoms with van der Waals surface area (Å²) in [6.07, 6.45) is -0.646. The molecule has 1 fully saturated rings. The Bertz CT molecular complexity index is 1330. The molecule has 2 heterocycles. The number of carboxylic acids is 1. The molecular weight excluding hydrogens is 516 g/mol. The minimum absolute atomic E-state index is 0.0615. The van der Waals surface area contributed by atoms with Crippen LogP contribution < -0.4 is 10.6 Å². The van der Waals surface area contributed by atoms with Crippen LogP contribution in [0.15, 0.2) is 54.0 Å². The third-order valence-corrected chi connectivity index (χ3v) is 7.83. The molecule has 1 aromatic heterocycles. The van der Waals surface area contributed by atoms with E-state index in [4.69, 9.17) is 5.11 Å². The molecule has 39 heavy (non-hydrogen) atoms. The molecule has 0 spiro atoms. The molecule has 4 rings (SSSR count). The molecule has 1 aliphatic heterocycles. The molecular formula is C29H34N4O5S. The van der Waals surface area contributed by atoms with Crippen LogP contribution >= 0.6 is 11.3 Å². The maximum atomic E-state index is 13.8. The van der Waals surface area contributed by atoms with E-state index in [1.807, 2.05) is 57.5 Å². The van der Waals surface area contributed by atoms with E-state index >= 15 is 0 Å². The Balaban J connectivity index is 1.44. The average Bonchev–Trinajstić information content (AvgIpc) is 3.50. The van der Waals surface area contributed by atoms with E-state index in [9.17, 15) is 19.5 Å². The fourth-order valence-corrected chi connectivity index (χ4v) is 5.47. The van der Waals surface area contributed by atoms with Gasteiger partial charge in [0.05, 0.1) is 27.7 Å². The summed E-state index contributed by atoms with van der Waals surface area (Å²) in [5.41, 5.74) is 4.99. The zero-order valence-corrected chi connectivity index (χ0v) is 23.3. The number of carboxylic acid groups (broad SMARTS) is 1. The maximum Gasteiger partial charge on any atom is 0.335 e. The van der Waals surface area contributed by atoms with Crippen molar-refractivity contribution in [2.24, 2.45) is 5.41 Å². The quantitative estimate of drug-likeness (QED) is 0.334. The van der Waals surface area contributed by atoms with Crippen LogP contribution in [0.4, 0.5) is 5.69 Å². The van der Waals surface area contributed by atoms with Gasteiger partial charge in [0.1, 0.15) is 12.1 Å². The Morgan fingerprint density at radius 2 is 1.77 bits per heavy atom. The normalized spacial score (nSPS) is 18.0. The van der Waals surface area contributed by atoms with Crippen LogP contribution in [0.25, 0.3) is 10.4 Å². The van der Waals surface area contributed by atoms with Gasteiger partial charge in [0, 0.05) is 25.2 Å². The first-order chi connectivity index (χ1) is 18.4. The van der Waals surface area contributed by atoms with Crippen molar-refractivity contribution < 1.29 is 24.6 Å². The number of nitrogens with zero attached hydrogens (tertiary/aromatic N) is 2. The summed E-state index contributed by atoms with van der Waals surface area (Å²) in [5, 5.41) is 25.7. The van der Waals surface area contributed by atoms with Crippen molar-refractivity contribution in [3.63, 3.8) is 0 Å². The molecule has 0 bridgehead atoms. The molecule has 1 saturated heterocycles. The van der Waals surface area contributed by atoms with Gasteiger partial charge in [0.25, 0.3) is 0 Å². The zero-order chi connectivity index (χ0) is 28.3. The molecule has 4 N–H and O–H groups in total. The van der Waals surface area contributed by atoms with E-state index in [2.05, 4.69) is 15.6 Å². The van der Waals surface area contributed by atoms with Crippen molar-refractivity contribution in [3.05, 3.63) is 70.9 Å². The first-order valence-corrected chi connectivity index (χ1v) is 13.7. The Labute approximate surface area is 231 Å². The topological polar surface area (TPSA) is 132 Å². The Kier molecular flexibility index (Phi) is 8.36. The number of carbonyl (C=O) groups excluding carboxylic acids is 2. The summed E-state index contributed by atoms with van der Waals surface area (Å²) in [6.45, 7) is 8.06. The lowest BCUT2D eigenvalue weighted by Gasteiger charge is -2.36. The van der Waals surface area contributed by atoms with Crippen LogP contribution in [-0.2, 0) is 16.1 Å². The highest BCUT2D eigenvalue weighted by molar-refractivity contribution is 7.13. The van der Waals surface area contributed by atoms with Gasteiger partial charge in [-0.05, 0) is 47.7 Å². The summed E-state index contributed by atoms with van der Waals surface area (Å²) in [4.78, 5) is 45.0. The minimum atomic E-state index is -1.03. The molecule has 9 nitrogen and oxygen atoms in total. The lowest BCUT2D eigenvalue weighted by Crippen LogP contribution is -2.54. The van der Waals surface area contributed by atoms with E-state index in [0.29, 0.717) is 12.2 Å². The van der Waals surface area contributed by atoms with Crippen LogP contribution in [0, 0.1) is 12.3 Å². The molecule has 2 amide bonds. The number of aliphatic hydroxyl groups is 1. The van der Waals surface area contributed by atoms with Crippen LogP contribution in [-0.4, -0.2) is 62.6 Å². The molecule has 0 saturated carbocycles. The number of carbonyl (C=O) groups is 3. The molecule has 0 aliphatic carbocycles. The molecule has 1 aliphatic rings. The van der Waals surface area contributed by atoms with Crippen molar-refractivity contribution >= 4 is 34.8 Å². The van der Waals surface area contributed by atoms with Gasteiger partial charge in [0.2, 0.25) is 11.8 Å². The van der Waals surface area contributed by atoms with Gasteiger partial charge < -0.3 is 25.7 Å². The molecule has 3 atom stereocenters. The SMILES string of the molecule is Cc1ncsc1-c1ccc(CNC(=O)[C@@H]2C[C@@H](O)CN2C(=O)[C@@H](Nc2ccc(C(=O)O)cc2)C(C)(C)C)cc1. The summed E-state index contributed by atoms with van der Waals surface area (Å²) in [5.74, 6) is -1.65. The molecule has 2 aromatic carbocycles. The average molecular weight is 551 g/mol. The number of β-amino-alcohol motifs (C(OH)–C–C–N with tert-alkyl or cyclic N) is 1. The Morgan fingerprint density at radius 3 is 2.33 bits per heavy atom. The number of thiazole rings is 1. The van der Waals surface area contributed by atoms with Crippen LogP contribution in [0.1, 0.15) is 48.8 Å². The van der Waals surface area contributed by atoms with E-state index in [0.717, 1.165) is 21.7 Å². The first kappa shape index (κ1) is 28.3. The monoisotopic (exact) mass is 550 g/mol. The van der Waals surface area contributed by atoms with Gasteiger partial charge in [-0.25, -0.2) is 9.78 Å². The number of likely N-dealkylation sites (tertiary alicyclic amines) is 1. The predicted molar refractivity (Wildman–Crippen MR) is 151 cm³/mol. The molecule has 3 aromatic rings. The molecule has 206 valence electrons. The smallest absolute Gasteiger partial charge is 0.335 e. The van der Waals surface area contributed by atoms with Crippen molar-refractivity contribution in [2.45, 2.75) is 58.8 Å². The van der Waals surface area contributed by atoms with Crippen molar-refractivity contribution in [1.82, 2.24) is 15.2 Å². The van der Waals surface area contributed by atoms with E-state index in [-0.39, 0.29) is 30.3 Å². The number of benzene rings is 2. The zero-order valence-electron chi connectivity index (χ0n) is 22.5. The summed E-state index contributed by atoms with van der Waals surface area (Å²) in [6, 6.07) is 12.6. The number of hydrogen-bond acceptors (Lipinski definition) is 7. The lowest BCUT2D eigenvalue weighted by atomic mass is 9.85. The van der Waals surface area contributed by atoms with Gasteiger partial charge in [-0.2, -0.15) is 0 Å². The summed E-state index contributed by atoms with van der Waals surface area (Å²) in [7, 11) is 0. The van der Waals surface area contributed by atoms with Crippen molar-refractivity contribution in [2.75, 3.05) is 11.9 Å². The number of aliphatic hydroxyl groups excluding tert-OH is 1. The Hall–Kier alpha value is -3.76. The minimum Gasteiger partial charge on any atom is -0.478 e. The predicted octanol–water partition coefficient (Wildman–Crippen LogP) is 3.92. The first-order valence-electron chi connectivity index (χ1n) is 12.8. The van der Waals surface area contributed by atoms with E-state index < -0.39 is 29.6 Å². The number of nitrogens with one attached hydrogen (secondary N) is 2. The van der Waals surface area contributed by atoms with Crippen LogP contribution in [0.5, 0.6) is 0 Å². The maximum absolute atomic E-state index is 13.8. The second-order valence-corrected chi connectivity index (χ2v) is 11.8. The Morgan fingerprint density at radius 1 is 1.10 bits per heavy atom. The number of aromatic carboxylic acids is 1. The number of rotatable bonds is 8. The van der Waals surface area contributed by atoms with Crippen LogP contribution in [0.2, 0.25) is 0 Å². The number of aromatic nitrogens is 1. The third-order valence-electron chi connectivity index (χ3n) is 6.85. The van der Waals surface area contributed by atoms with E-state index in [1.165, 1.54) is 17.0 Å². The number of anilines is 1. The fourth-order valence-electron chi connectivity index (χ4n) is 4.66. The largest absolute Gasteiger partial charge is 0.478 e. The number of amides is 2. The second-order valence-electron chi connectivity index (χ2n) is 10.9. The van der Waals surface area contributed by atoms with E-state index in [1.54, 1.807) is 23.5 Å². The van der Waals surface area contributed by atoms with Crippen molar-refractivity contribution in [1.29, 1.82) is 0 Å². The molecule has 0 unspecified atom stereocenters. The molecule has 10 heteroatoms. The van der Waals surface area contributed by atoms with Crippen molar-refractivity contribution in [3.8, 4) is 10.4 Å². The van der Waals surface area contributed by atoms with Gasteiger partial charge in [-0.15, -0.1) is 11.3 Å². The standard InChI is InChI=1S/C29H34N4O5S/c1-17-24(39-16-31-17)19-7-5-18(6-8-19)14-30-26(35)23-13-22(34)15-33(23)27(36)25(29(2,3)4)32-21-11-9-20(10-12-21)28(37)38/h5-12,16,22-23,25,32,34H,13-15H2,1-4H3,(H,30,35)(H,37,38)/t22-,23+,25-/m1/s1. The van der Waals surface area contributed by atoms with Gasteiger partial charge in [-0.1, -0.05) is 45.0 Å². The highest BCUT2D eigenvalue weighted by atomic mass is 32.1. The highest BCUT2D eigenvalue weighted by Gasteiger charge is 2.44. The number of aryl methyl sites for hydroxylation is 1. The van der Waals surface area contributed by atoms with Gasteiger partial charge in [-0.3, -0.25) is 9.59 Å². The molecule has 0 radical (unpaired) electrons. The van der Waals surface area contributed by atoms with Crippen LogP contribution in [0.3, 0.4) is 0 Å². The summed E-state index contributed by atoms with van der Waals surface area (Å²) < 4.78 is 0. The van der Waals surface area contributed by atoms with Gasteiger partial charge in [0.15, 0.2) is 0 Å². The number of hydrogen-bond donors (Lipinski definition) is 4. The second kappa shape index (κ2) is 11.5. The fraction of sp³-hybridized carbons (Fsp3) is 0.379. The highest BCUT2D eigenvalue weighted by Crippen LogP contribution is 2.29.